The second-order valence-corrected chi connectivity index (χ2v) is 6.25. The van der Waals surface area contributed by atoms with Gasteiger partial charge in [0.05, 0.1) is 19.3 Å². The minimum atomic E-state index is 0.0197. The second-order valence-electron chi connectivity index (χ2n) is 5.13. The van der Waals surface area contributed by atoms with Gasteiger partial charge in [0.15, 0.2) is 0 Å². The van der Waals surface area contributed by atoms with Crippen molar-refractivity contribution < 1.29 is 9.84 Å². The van der Waals surface area contributed by atoms with Crippen molar-refractivity contribution in [3.05, 3.63) is 21.9 Å². The molecule has 0 fully saturated rings. The molecule has 0 saturated carbocycles. The fourth-order valence-electron chi connectivity index (χ4n) is 1.53. The van der Waals surface area contributed by atoms with Crippen LogP contribution in [0.2, 0.25) is 0 Å². The van der Waals surface area contributed by atoms with E-state index in [1.165, 1.54) is 9.75 Å². The van der Waals surface area contributed by atoms with Crippen molar-refractivity contribution in [3.8, 4) is 0 Å². The molecule has 1 rings (SSSR count). The summed E-state index contributed by atoms with van der Waals surface area (Å²) in [5, 5.41) is 12.7. The predicted octanol–water partition coefficient (Wildman–Crippen LogP) is 2.32. The van der Waals surface area contributed by atoms with Gasteiger partial charge in [-0.1, -0.05) is 20.8 Å². The predicted molar refractivity (Wildman–Crippen MR) is 72.7 cm³/mol. The van der Waals surface area contributed by atoms with E-state index in [2.05, 4.69) is 38.2 Å². The minimum absolute atomic E-state index is 0.0197. The number of aliphatic hydroxyl groups excluding tert-OH is 1. The van der Waals surface area contributed by atoms with Crippen LogP contribution in [0.3, 0.4) is 0 Å². The van der Waals surface area contributed by atoms with E-state index in [0.29, 0.717) is 6.61 Å². The Kier molecular flexibility index (Phi) is 5.59. The van der Waals surface area contributed by atoms with E-state index in [-0.39, 0.29) is 18.1 Å². The van der Waals surface area contributed by atoms with Crippen molar-refractivity contribution in [2.24, 2.45) is 0 Å². The van der Waals surface area contributed by atoms with Crippen LogP contribution in [0.15, 0.2) is 12.1 Å². The number of hydrogen-bond acceptors (Lipinski definition) is 4. The summed E-state index contributed by atoms with van der Waals surface area (Å²) in [5.41, 5.74) is 0.176. The first-order valence-electron chi connectivity index (χ1n) is 5.92. The molecule has 0 aliphatic rings. The largest absolute Gasteiger partial charge is 0.394 e. The number of rotatable bonds is 6. The Morgan fingerprint density at radius 2 is 2.12 bits per heavy atom. The van der Waals surface area contributed by atoms with Crippen LogP contribution in [-0.2, 0) is 10.2 Å². The van der Waals surface area contributed by atoms with Crippen molar-refractivity contribution in [1.29, 1.82) is 0 Å². The van der Waals surface area contributed by atoms with Gasteiger partial charge < -0.3 is 15.2 Å². The summed E-state index contributed by atoms with van der Waals surface area (Å²) in [6.45, 7) is 8.14. The van der Waals surface area contributed by atoms with Crippen molar-refractivity contribution >= 4 is 11.3 Å². The monoisotopic (exact) mass is 257 g/mol. The van der Waals surface area contributed by atoms with Crippen molar-refractivity contribution in [1.82, 2.24) is 5.32 Å². The smallest absolute Gasteiger partial charge is 0.0650 e. The Morgan fingerprint density at radius 1 is 1.41 bits per heavy atom. The first kappa shape index (κ1) is 14.6. The highest BCUT2D eigenvalue weighted by atomic mass is 32.1. The quantitative estimate of drug-likeness (QED) is 0.769. The van der Waals surface area contributed by atoms with Gasteiger partial charge in [0.2, 0.25) is 0 Å². The van der Waals surface area contributed by atoms with Gasteiger partial charge in [-0.2, -0.15) is 0 Å². The lowest BCUT2D eigenvalue weighted by atomic mass is 9.95. The van der Waals surface area contributed by atoms with Crippen LogP contribution in [0.25, 0.3) is 0 Å². The van der Waals surface area contributed by atoms with Gasteiger partial charge in [-0.25, -0.2) is 0 Å². The Labute approximate surface area is 108 Å². The molecule has 0 aliphatic carbocycles. The molecule has 0 aliphatic heterocycles. The van der Waals surface area contributed by atoms with Gasteiger partial charge in [-0.05, 0) is 17.5 Å². The third kappa shape index (κ3) is 4.39. The number of aliphatic hydroxyl groups is 1. The molecule has 0 spiro atoms. The maximum atomic E-state index is 9.39. The molecular weight excluding hydrogens is 234 g/mol. The van der Waals surface area contributed by atoms with E-state index in [1.807, 2.05) is 0 Å². The van der Waals surface area contributed by atoms with Crippen LogP contribution in [0, 0.1) is 0 Å². The number of nitrogens with one attached hydrogen (secondary N) is 1. The molecule has 17 heavy (non-hydrogen) atoms. The highest BCUT2D eigenvalue weighted by Crippen LogP contribution is 2.32. The molecule has 1 aromatic rings. The van der Waals surface area contributed by atoms with E-state index < -0.39 is 0 Å². The molecule has 0 saturated heterocycles. The maximum Gasteiger partial charge on any atom is 0.0650 e. The van der Waals surface area contributed by atoms with Gasteiger partial charge in [0.1, 0.15) is 0 Å². The molecule has 1 unspecified atom stereocenters. The molecule has 3 nitrogen and oxygen atoms in total. The summed E-state index contributed by atoms with van der Waals surface area (Å²) < 4.78 is 4.99. The van der Waals surface area contributed by atoms with Crippen LogP contribution in [0.1, 0.15) is 36.6 Å². The molecule has 0 radical (unpaired) electrons. The van der Waals surface area contributed by atoms with E-state index >= 15 is 0 Å². The zero-order chi connectivity index (χ0) is 12.9. The fourth-order valence-corrected chi connectivity index (χ4v) is 2.67. The lowest BCUT2D eigenvalue weighted by Crippen LogP contribution is -2.26. The first-order chi connectivity index (χ1) is 7.99. The molecule has 1 aromatic heterocycles. The van der Waals surface area contributed by atoms with Crippen LogP contribution in [0.4, 0.5) is 0 Å². The summed E-state index contributed by atoms with van der Waals surface area (Å²) in [4.78, 5) is 2.54. The van der Waals surface area contributed by atoms with E-state index in [0.717, 1.165) is 6.54 Å². The summed E-state index contributed by atoms with van der Waals surface area (Å²) in [7, 11) is 1.68. The van der Waals surface area contributed by atoms with E-state index in [1.54, 1.807) is 18.4 Å². The summed E-state index contributed by atoms with van der Waals surface area (Å²) in [6.07, 6.45) is 0. The molecule has 0 bridgehead atoms. The van der Waals surface area contributed by atoms with Crippen LogP contribution >= 0.6 is 11.3 Å². The average Bonchev–Trinajstić information content (AvgIpc) is 2.73. The van der Waals surface area contributed by atoms with Gasteiger partial charge in [-0.15, -0.1) is 11.3 Å². The summed E-state index contributed by atoms with van der Waals surface area (Å²) in [6, 6.07) is 4.28. The van der Waals surface area contributed by atoms with E-state index in [9.17, 15) is 5.11 Å². The highest BCUT2D eigenvalue weighted by Gasteiger charge is 2.19. The molecule has 1 atom stereocenters. The molecule has 2 N–H and O–H groups in total. The number of hydrogen-bond donors (Lipinski definition) is 2. The highest BCUT2D eigenvalue weighted by molar-refractivity contribution is 7.12. The molecule has 0 amide bonds. The second kappa shape index (κ2) is 6.50. The normalized spacial score (nSPS) is 13.9. The average molecular weight is 257 g/mol. The van der Waals surface area contributed by atoms with Crippen molar-refractivity contribution in [3.63, 3.8) is 0 Å². The lowest BCUT2D eigenvalue weighted by Gasteiger charge is -2.17. The molecule has 1 heterocycles. The van der Waals surface area contributed by atoms with Crippen molar-refractivity contribution in [2.45, 2.75) is 32.2 Å². The lowest BCUT2D eigenvalue weighted by molar-refractivity contribution is 0.184. The molecule has 0 aromatic carbocycles. The van der Waals surface area contributed by atoms with Gasteiger partial charge >= 0.3 is 0 Å². The van der Waals surface area contributed by atoms with Crippen molar-refractivity contribution in [2.75, 3.05) is 26.9 Å². The Morgan fingerprint density at radius 3 is 2.59 bits per heavy atom. The Hall–Kier alpha value is -0.420. The Balaban J connectivity index is 2.66. The van der Waals surface area contributed by atoms with E-state index in [4.69, 9.17) is 4.74 Å². The molecular formula is C13H23NO2S. The van der Waals surface area contributed by atoms with Gasteiger partial charge in [0.25, 0.3) is 0 Å². The van der Waals surface area contributed by atoms with Crippen LogP contribution < -0.4 is 5.32 Å². The number of thiophene rings is 1. The molecule has 98 valence electrons. The summed E-state index contributed by atoms with van der Waals surface area (Å²) >= 11 is 1.77. The SMILES string of the molecule is COCCNC(CO)c1ccc(C(C)(C)C)s1. The molecule has 4 heteroatoms. The topological polar surface area (TPSA) is 41.5 Å². The standard InChI is InChI=1S/C13H23NO2S/c1-13(2,3)12-6-5-11(17-12)10(9-15)14-7-8-16-4/h5-6,10,14-15H,7-9H2,1-4H3. The third-order valence-electron chi connectivity index (χ3n) is 2.59. The third-order valence-corrected chi connectivity index (χ3v) is 4.21. The zero-order valence-corrected chi connectivity index (χ0v) is 11.9. The van der Waals surface area contributed by atoms with Crippen LogP contribution in [0.5, 0.6) is 0 Å². The summed E-state index contributed by atoms with van der Waals surface area (Å²) in [5.74, 6) is 0. The first-order valence-corrected chi connectivity index (χ1v) is 6.74. The van der Waals surface area contributed by atoms with Gasteiger partial charge in [-0.3, -0.25) is 0 Å². The maximum absolute atomic E-state index is 9.39. The minimum Gasteiger partial charge on any atom is -0.394 e. The number of methoxy groups -OCH3 is 1. The van der Waals surface area contributed by atoms with Gasteiger partial charge in [0, 0.05) is 23.4 Å². The van der Waals surface area contributed by atoms with Crippen LogP contribution in [-0.4, -0.2) is 32.0 Å². The Bertz CT molecular complexity index is 330. The zero-order valence-electron chi connectivity index (χ0n) is 11.1. The fraction of sp³-hybridized carbons (Fsp3) is 0.692. The number of ether oxygens (including phenoxy) is 1.